The summed E-state index contributed by atoms with van der Waals surface area (Å²) >= 11 is 0. The highest BCUT2D eigenvalue weighted by Crippen LogP contribution is 2.47. The van der Waals surface area contributed by atoms with Gasteiger partial charge in [-0.3, -0.25) is 4.79 Å². The van der Waals surface area contributed by atoms with Gasteiger partial charge < -0.3 is 11.1 Å². The maximum atomic E-state index is 12.7. The first-order valence-electron chi connectivity index (χ1n) is 6.33. The molecule has 96 valence electrons. The van der Waals surface area contributed by atoms with Crippen molar-refractivity contribution in [1.82, 2.24) is 4.98 Å². The number of fused-ring (bicyclic) bond motifs is 2. The van der Waals surface area contributed by atoms with E-state index in [9.17, 15) is 9.18 Å². The molecule has 2 bridgehead atoms. The fraction of sp³-hybridized carbons (Fsp3) is 0.538. The second-order valence-electron chi connectivity index (χ2n) is 5.29. The van der Waals surface area contributed by atoms with Gasteiger partial charge in [-0.2, -0.15) is 0 Å². The zero-order valence-electron chi connectivity index (χ0n) is 9.97. The summed E-state index contributed by atoms with van der Waals surface area (Å²) in [6.07, 6.45) is 4.39. The number of carbonyl (C=O) groups is 1. The van der Waals surface area contributed by atoms with Crippen LogP contribution in [0.3, 0.4) is 0 Å². The van der Waals surface area contributed by atoms with Crippen molar-refractivity contribution in [2.24, 2.45) is 23.5 Å². The zero-order chi connectivity index (χ0) is 12.7. The molecule has 2 aliphatic carbocycles. The van der Waals surface area contributed by atoms with E-state index in [1.807, 2.05) is 0 Å². The number of amides is 1. The minimum Gasteiger partial charge on any atom is -0.327 e. The van der Waals surface area contributed by atoms with Gasteiger partial charge >= 0.3 is 0 Å². The molecular formula is C13H16FN3O. The second kappa shape index (κ2) is 4.31. The van der Waals surface area contributed by atoms with Crippen LogP contribution in [-0.4, -0.2) is 16.9 Å². The molecule has 18 heavy (non-hydrogen) atoms. The Bertz CT molecular complexity index is 460. The van der Waals surface area contributed by atoms with E-state index in [1.54, 1.807) is 0 Å². The van der Waals surface area contributed by atoms with Gasteiger partial charge in [0.2, 0.25) is 5.91 Å². The van der Waals surface area contributed by atoms with Gasteiger partial charge in [0.1, 0.15) is 11.6 Å². The van der Waals surface area contributed by atoms with Crippen molar-refractivity contribution in [3.8, 4) is 0 Å². The lowest BCUT2D eigenvalue weighted by atomic mass is 9.84. The molecule has 3 N–H and O–H groups in total. The van der Waals surface area contributed by atoms with E-state index in [0.717, 1.165) is 25.5 Å². The normalized spacial score (nSPS) is 33.7. The van der Waals surface area contributed by atoms with Crippen LogP contribution in [0.4, 0.5) is 10.2 Å². The number of nitrogens with one attached hydrogen (secondary N) is 1. The van der Waals surface area contributed by atoms with E-state index < -0.39 is 5.82 Å². The van der Waals surface area contributed by atoms with Crippen molar-refractivity contribution in [2.45, 2.75) is 25.3 Å². The smallest absolute Gasteiger partial charge is 0.230 e. The molecule has 0 saturated heterocycles. The van der Waals surface area contributed by atoms with E-state index in [0.29, 0.717) is 17.7 Å². The van der Waals surface area contributed by atoms with Crippen molar-refractivity contribution in [3.63, 3.8) is 0 Å². The van der Waals surface area contributed by atoms with E-state index in [2.05, 4.69) is 10.3 Å². The second-order valence-corrected chi connectivity index (χ2v) is 5.29. The third kappa shape index (κ3) is 1.88. The van der Waals surface area contributed by atoms with Crippen LogP contribution in [0.15, 0.2) is 18.3 Å². The summed E-state index contributed by atoms with van der Waals surface area (Å²) in [4.78, 5) is 16.0. The Morgan fingerprint density at radius 1 is 1.39 bits per heavy atom. The van der Waals surface area contributed by atoms with Gasteiger partial charge in [-0.25, -0.2) is 9.37 Å². The van der Waals surface area contributed by atoms with Crippen molar-refractivity contribution in [3.05, 3.63) is 24.1 Å². The molecule has 1 amide bonds. The van der Waals surface area contributed by atoms with E-state index in [-0.39, 0.29) is 17.9 Å². The zero-order valence-corrected chi connectivity index (χ0v) is 9.97. The predicted octanol–water partition coefficient (Wildman–Crippen LogP) is 1.53. The maximum absolute atomic E-state index is 12.7. The summed E-state index contributed by atoms with van der Waals surface area (Å²) in [7, 11) is 0. The minimum atomic E-state index is -0.412. The lowest BCUT2D eigenvalue weighted by Crippen LogP contribution is -2.42. The Labute approximate surface area is 105 Å². The number of carbonyl (C=O) groups excluding carboxylic acids is 1. The molecule has 0 aromatic carbocycles. The number of anilines is 1. The number of halogens is 1. The SMILES string of the molecule is NC1C2CCC(C2)C1C(=O)Nc1ccc(F)cn1. The quantitative estimate of drug-likeness (QED) is 0.835. The highest BCUT2D eigenvalue weighted by atomic mass is 19.1. The van der Waals surface area contributed by atoms with Gasteiger partial charge in [0.15, 0.2) is 0 Å². The van der Waals surface area contributed by atoms with Crippen LogP contribution in [-0.2, 0) is 4.79 Å². The van der Waals surface area contributed by atoms with E-state index in [4.69, 9.17) is 5.73 Å². The van der Waals surface area contributed by atoms with E-state index in [1.165, 1.54) is 12.1 Å². The predicted molar refractivity (Wildman–Crippen MR) is 65.1 cm³/mol. The largest absolute Gasteiger partial charge is 0.327 e. The molecule has 4 nitrogen and oxygen atoms in total. The number of hydrogen-bond acceptors (Lipinski definition) is 3. The van der Waals surface area contributed by atoms with Crippen molar-refractivity contribution >= 4 is 11.7 Å². The molecular weight excluding hydrogens is 233 g/mol. The Morgan fingerprint density at radius 2 is 2.17 bits per heavy atom. The van der Waals surface area contributed by atoms with Gasteiger partial charge in [-0.15, -0.1) is 0 Å². The minimum absolute atomic E-state index is 0.0378. The topological polar surface area (TPSA) is 68.0 Å². The first-order chi connectivity index (χ1) is 8.65. The molecule has 0 radical (unpaired) electrons. The van der Waals surface area contributed by atoms with Crippen LogP contribution in [0, 0.1) is 23.6 Å². The van der Waals surface area contributed by atoms with Crippen LogP contribution >= 0.6 is 0 Å². The summed E-state index contributed by atoms with van der Waals surface area (Å²) in [6, 6.07) is 2.71. The van der Waals surface area contributed by atoms with Gasteiger partial charge in [-0.05, 0) is 43.2 Å². The number of nitrogens with two attached hydrogens (primary N) is 1. The number of rotatable bonds is 2. The molecule has 2 fully saturated rings. The molecule has 4 unspecified atom stereocenters. The number of aromatic nitrogens is 1. The van der Waals surface area contributed by atoms with Gasteiger partial charge in [0, 0.05) is 6.04 Å². The third-order valence-electron chi connectivity index (χ3n) is 4.26. The summed E-state index contributed by atoms with van der Waals surface area (Å²) in [5.74, 6) is 0.683. The lowest BCUT2D eigenvalue weighted by Gasteiger charge is -2.26. The van der Waals surface area contributed by atoms with Crippen LogP contribution in [0.25, 0.3) is 0 Å². The summed E-state index contributed by atoms with van der Waals surface area (Å²) in [5.41, 5.74) is 6.10. The van der Waals surface area contributed by atoms with Crippen molar-refractivity contribution in [1.29, 1.82) is 0 Å². The van der Waals surface area contributed by atoms with Crippen LogP contribution in [0.5, 0.6) is 0 Å². The Balaban J connectivity index is 1.70. The molecule has 1 aromatic rings. The number of pyridine rings is 1. The monoisotopic (exact) mass is 249 g/mol. The molecule has 0 aliphatic heterocycles. The van der Waals surface area contributed by atoms with Gasteiger partial charge in [0.05, 0.1) is 12.1 Å². The molecule has 5 heteroatoms. The highest BCUT2D eigenvalue weighted by molar-refractivity contribution is 5.92. The Morgan fingerprint density at radius 3 is 2.78 bits per heavy atom. The van der Waals surface area contributed by atoms with Crippen LogP contribution < -0.4 is 11.1 Å². The Hall–Kier alpha value is -1.49. The molecule has 1 heterocycles. The highest BCUT2D eigenvalue weighted by Gasteiger charge is 2.49. The standard InChI is InChI=1S/C13H16FN3O/c14-9-3-4-10(16-6-9)17-13(18)11-7-1-2-8(5-7)12(11)15/h3-4,6-8,11-12H,1-2,5,15H2,(H,16,17,18). The molecule has 0 spiro atoms. The first kappa shape index (κ1) is 11.6. The van der Waals surface area contributed by atoms with E-state index >= 15 is 0 Å². The number of hydrogen-bond donors (Lipinski definition) is 2. The van der Waals surface area contributed by atoms with Crippen molar-refractivity contribution < 1.29 is 9.18 Å². The van der Waals surface area contributed by atoms with Gasteiger partial charge in [0.25, 0.3) is 0 Å². The maximum Gasteiger partial charge on any atom is 0.230 e. The van der Waals surface area contributed by atoms with Crippen LogP contribution in [0.2, 0.25) is 0 Å². The molecule has 3 rings (SSSR count). The summed E-state index contributed by atoms with van der Waals surface area (Å²) in [6.45, 7) is 0. The van der Waals surface area contributed by atoms with Gasteiger partial charge in [-0.1, -0.05) is 0 Å². The third-order valence-corrected chi connectivity index (χ3v) is 4.26. The average molecular weight is 249 g/mol. The van der Waals surface area contributed by atoms with Crippen molar-refractivity contribution in [2.75, 3.05) is 5.32 Å². The molecule has 2 saturated carbocycles. The fourth-order valence-electron chi connectivity index (χ4n) is 3.38. The lowest BCUT2D eigenvalue weighted by molar-refractivity contribution is -0.121. The first-order valence-corrected chi connectivity index (χ1v) is 6.33. The number of nitrogens with zero attached hydrogens (tertiary/aromatic N) is 1. The van der Waals surface area contributed by atoms with Crippen LogP contribution in [0.1, 0.15) is 19.3 Å². The summed E-state index contributed by atoms with van der Waals surface area (Å²) < 4.78 is 12.7. The average Bonchev–Trinajstić information content (AvgIpc) is 2.92. The molecule has 4 atom stereocenters. The summed E-state index contributed by atoms with van der Waals surface area (Å²) in [5, 5.41) is 2.73. The fourth-order valence-corrected chi connectivity index (χ4v) is 3.38. The molecule has 1 aromatic heterocycles. The molecule has 2 aliphatic rings. The Kier molecular flexibility index (Phi) is 2.78.